The normalized spacial score (nSPS) is 17.6. The number of unbranched alkanes of at least 4 members (excludes halogenated alkanes) is 5. The fourth-order valence-electron chi connectivity index (χ4n) is 4.56. The summed E-state index contributed by atoms with van der Waals surface area (Å²) in [6, 6.07) is 5.22. The van der Waals surface area contributed by atoms with E-state index in [-0.39, 0.29) is 11.9 Å². The third-order valence-corrected chi connectivity index (χ3v) is 6.85. The zero-order valence-corrected chi connectivity index (χ0v) is 23.2. The molecule has 0 aliphatic carbocycles. The van der Waals surface area contributed by atoms with Crippen LogP contribution in [0.15, 0.2) is 18.2 Å². The quantitative estimate of drug-likeness (QED) is 0.169. The number of rotatable bonds is 15. The lowest BCUT2D eigenvalue weighted by molar-refractivity contribution is -0.165. The first kappa shape index (κ1) is 33.3. The minimum Gasteiger partial charge on any atom is -0.486 e. The van der Waals surface area contributed by atoms with E-state index in [1.54, 1.807) is 0 Å². The highest BCUT2D eigenvalue weighted by Crippen LogP contribution is 2.33. The molecule has 1 aromatic carbocycles. The highest BCUT2D eigenvalue weighted by Gasteiger charge is 2.29. The van der Waals surface area contributed by atoms with E-state index >= 15 is 0 Å². The van der Waals surface area contributed by atoms with E-state index < -0.39 is 30.3 Å². The van der Waals surface area contributed by atoms with Gasteiger partial charge in [0.25, 0.3) is 0 Å². The van der Waals surface area contributed by atoms with Crippen LogP contribution in [0.25, 0.3) is 0 Å². The van der Waals surface area contributed by atoms with Crippen LogP contribution >= 0.6 is 0 Å². The lowest BCUT2D eigenvalue weighted by atomic mass is 10.0. The molecule has 1 amide bonds. The molecule has 1 fully saturated rings. The number of carboxylic acid groups (broad SMARTS) is 2. The SMILES string of the molecule is CCCCCCCCC(=O)N[C@@H](CN1CCCC1)[C@@H](O)c1ccc2c(c1)OCCO2.O=C(O)[C@@H](O)[C@H](O)C(=O)O. The van der Waals surface area contributed by atoms with Crippen molar-refractivity contribution in [1.82, 2.24) is 10.2 Å². The molecule has 6 N–H and O–H groups in total. The molecular formula is C28H44N2O10. The standard InChI is InChI=1S/C24H38N2O4.C4H6O6/c1-2-3-4-5-6-7-10-23(27)25-20(18-26-13-8-9-14-26)24(28)19-11-12-21-22(17-19)30-16-15-29-21;5-1(3(7)8)2(6)4(9)10/h11-12,17,20,24,28H,2-10,13-16,18H2,1H3,(H,25,27);1-2,5-6H,(H,7,8)(H,9,10)/t20-,24-;1-,2-/m00/s1. The summed E-state index contributed by atoms with van der Waals surface area (Å²) in [5, 5.41) is 46.8. The van der Waals surface area contributed by atoms with Crippen molar-refractivity contribution in [2.45, 2.75) is 89.1 Å². The van der Waals surface area contributed by atoms with Crippen LogP contribution in [0.4, 0.5) is 0 Å². The molecular weight excluding hydrogens is 524 g/mol. The van der Waals surface area contributed by atoms with E-state index in [2.05, 4.69) is 17.1 Å². The van der Waals surface area contributed by atoms with Crippen LogP contribution in [0.3, 0.4) is 0 Å². The Labute approximate surface area is 234 Å². The van der Waals surface area contributed by atoms with Gasteiger partial charge in [0.15, 0.2) is 23.7 Å². The molecule has 1 saturated heterocycles. The fraction of sp³-hybridized carbons (Fsp3) is 0.679. The van der Waals surface area contributed by atoms with Crippen molar-refractivity contribution in [1.29, 1.82) is 0 Å². The van der Waals surface area contributed by atoms with E-state index in [1.165, 1.54) is 38.5 Å². The molecule has 0 saturated carbocycles. The van der Waals surface area contributed by atoms with Crippen molar-refractivity contribution in [3.05, 3.63) is 23.8 Å². The second-order valence-corrected chi connectivity index (χ2v) is 10.1. The van der Waals surface area contributed by atoms with Crippen molar-refractivity contribution >= 4 is 17.8 Å². The molecule has 0 radical (unpaired) electrons. The molecule has 0 spiro atoms. The molecule has 2 heterocycles. The van der Waals surface area contributed by atoms with Gasteiger partial charge in [0.05, 0.1) is 6.04 Å². The number of benzene rings is 1. The second kappa shape index (κ2) is 17.7. The largest absolute Gasteiger partial charge is 0.486 e. The summed E-state index contributed by atoms with van der Waals surface area (Å²) in [6.07, 6.45) is 4.51. The summed E-state index contributed by atoms with van der Waals surface area (Å²) >= 11 is 0. The van der Waals surface area contributed by atoms with E-state index in [0.29, 0.717) is 37.7 Å². The van der Waals surface area contributed by atoms with Gasteiger partial charge in [-0.1, -0.05) is 45.1 Å². The van der Waals surface area contributed by atoms with Crippen LogP contribution in [0.5, 0.6) is 11.5 Å². The van der Waals surface area contributed by atoms with E-state index in [9.17, 15) is 19.5 Å². The number of amides is 1. The van der Waals surface area contributed by atoms with Gasteiger partial charge < -0.3 is 45.2 Å². The number of likely N-dealkylation sites (tertiary alicyclic amines) is 1. The van der Waals surface area contributed by atoms with Gasteiger partial charge in [-0.05, 0) is 50.0 Å². The van der Waals surface area contributed by atoms with Crippen LogP contribution in [0.2, 0.25) is 0 Å². The van der Waals surface area contributed by atoms with Crippen molar-refractivity contribution in [2.75, 3.05) is 32.8 Å². The average molecular weight is 569 g/mol. The molecule has 40 heavy (non-hydrogen) atoms. The number of nitrogens with zero attached hydrogens (tertiary/aromatic N) is 1. The third-order valence-electron chi connectivity index (χ3n) is 6.85. The van der Waals surface area contributed by atoms with Gasteiger partial charge in [-0.3, -0.25) is 4.79 Å². The highest BCUT2D eigenvalue weighted by atomic mass is 16.6. The van der Waals surface area contributed by atoms with Gasteiger partial charge >= 0.3 is 11.9 Å². The molecule has 1 aromatic rings. The summed E-state index contributed by atoms with van der Waals surface area (Å²) in [5.41, 5.74) is 0.753. The predicted octanol–water partition coefficient (Wildman–Crippen LogP) is 1.70. The first-order valence-corrected chi connectivity index (χ1v) is 14.0. The van der Waals surface area contributed by atoms with E-state index in [4.69, 9.17) is 29.9 Å². The Morgan fingerprint density at radius 3 is 2.05 bits per heavy atom. The summed E-state index contributed by atoms with van der Waals surface area (Å²) in [7, 11) is 0. The topological polar surface area (TPSA) is 186 Å². The average Bonchev–Trinajstić information content (AvgIpc) is 3.46. The molecule has 3 rings (SSSR count). The Hall–Kier alpha value is -2.93. The van der Waals surface area contributed by atoms with Crippen molar-refractivity contribution in [3.8, 4) is 11.5 Å². The van der Waals surface area contributed by atoms with E-state index in [1.807, 2.05) is 18.2 Å². The van der Waals surface area contributed by atoms with Crippen LogP contribution in [-0.2, 0) is 14.4 Å². The maximum absolute atomic E-state index is 12.6. The maximum Gasteiger partial charge on any atom is 0.335 e. The summed E-state index contributed by atoms with van der Waals surface area (Å²) in [5.74, 6) is -2.13. The number of fused-ring (bicyclic) bond motifs is 1. The minimum atomic E-state index is -2.27. The minimum absolute atomic E-state index is 0.0336. The van der Waals surface area contributed by atoms with Crippen LogP contribution in [0.1, 0.15) is 76.4 Å². The molecule has 2 aliphatic heterocycles. The summed E-state index contributed by atoms with van der Waals surface area (Å²) in [4.78, 5) is 34.5. The summed E-state index contributed by atoms with van der Waals surface area (Å²) in [6.45, 7) is 5.98. The molecule has 226 valence electrons. The lowest BCUT2D eigenvalue weighted by Crippen LogP contribution is -2.46. The van der Waals surface area contributed by atoms with E-state index in [0.717, 1.165) is 31.5 Å². The van der Waals surface area contributed by atoms with Gasteiger partial charge in [0.2, 0.25) is 5.91 Å². The Morgan fingerprint density at radius 2 is 1.45 bits per heavy atom. The Morgan fingerprint density at radius 1 is 0.875 bits per heavy atom. The fourth-order valence-corrected chi connectivity index (χ4v) is 4.56. The monoisotopic (exact) mass is 568 g/mol. The number of aliphatic carboxylic acids is 2. The van der Waals surface area contributed by atoms with Crippen LogP contribution in [0, 0.1) is 0 Å². The Kier molecular flexibility index (Phi) is 14.7. The summed E-state index contributed by atoms with van der Waals surface area (Å²) < 4.78 is 11.3. The second-order valence-electron chi connectivity index (χ2n) is 10.1. The molecule has 0 aromatic heterocycles. The zero-order valence-electron chi connectivity index (χ0n) is 23.2. The molecule has 2 aliphatic rings. The van der Waals surface area contributed by atoms with Crippen molar-refractivity contribution in [3.63, 3.8) is 0 Å². The third kappa shape index (κ3) is 11.3. The lowest BCUT2D eigenvalue weighted by Gasteiger charge is -2.29. The number of carboxylic acids is 2. The van der Waals surface area contributed by atoms with Gasteiger partial charge in [0.1, 0.15) is 19.3 Å². The van der Waals surface area contributed by atoms with Gasteiger partial charge in [0, 0.05) is 13.0 Å². The highest BCUT2D eigenvalue weighted by molar-refractivity contribution is 5.83. The smallest absolute Gasteiger partial charge is 0.335 e. The number of carbonyl (C=O) groups excluding carboxylic acids is 1. The van der Waals surface area contributed by atoms with Crippen LogP contribution < -0.4 is 14.8 Å². The molecule has 12 nitrogen and oxygen atoms in total. The van der Waals surface area contributed by atoms with Gasteiger partial charge in [-0.2, -0.15) is 0 Å². The zero-order chi connectivity index (χ0) is 29.5. The molecule has 4 atom stereocenters. The number of nitrogens with one attached hydrogen (secondary N) is 1. The number of aliphatic hydroxyl groups is 3. The van der Waals surface area contributed by atoms with Crippen LogP contribution in [-0.4, -0.2) is 99.4 Å². The van der Waals surface area contributed by atoms with Crippen molar-refractivity contribution < 1.29 is 49.4 Å². The number of carbonyl (C=O) groups is 3. The first-order valence-electron chi connectivity index (χ1n) is 14.0. The van der Waals surface area contributed by atoms with Gasteiger partial charge in [-0.15, -0.1) is 0 Å². The number of hydrogen-bond donors (Lipinski definition) is 6. The van der Waals surface area contributed by atoms with Gasteiger partial charge in [-0.25, -0.2) is 9.59 Å². The van der Waals surface area contributed by atoms with Crippen molar-refractivity contribution in [2.24, 2.45) is 0 Å². The predicted molar refractivity (Wildman–Crippen MR) is 145 cm³/mol. The first-order chi connectivity index (χ1) is 19.1. The Bertz CT molecular complexity index is 920. The molecule has 12 heteroatoms. The number of aliphatic hydroxyl groups excluding tert-OH is 3. The maximum atomic E-state index is 12.6. The molecule has 0 unspecified atom stereocenters. The number of hydrogen-bond acceptors (Lipinski definition) is 9. The Balaban J connectivity index is 0.000000478. The molecule has 0 bridgehead atoms. The number of ether oxygens (including phenoxy) is 2.